The first-order valence-electron chi connectivity index (χ1n) is 12.2. The third kappa shape index (κ3) is 6.37. The maximum Gasteiger partial charge on any atom is 0.327 e. The van der Waals surface area contributed by atoms with Crippen LogP contribution >= 0.6 is 0 Å². The van der Waals surface area contributed by atoms with E-state index in [4.69, 9.17) is 18.6 Å². The van der Waals surface area contributed by atoms with Gasteiger partial charge >= 0.3 is 17.9 Å². The second kappa shape index (κ2) is 12.3. The normalized spacial score (nSPS) is 14.1. The lowest BCUT2D eigenvalue weighted by molar-refractivity contribution is -0.178. The third-order valence-electron chi connectivity index (χ3n) is 6.42. The van der Waals surface area contributed by atoms with Crippen LogP contribution in [0.15, 0.2) is 72.8 Å². The van der Waals surface area contributed by atoms with Gasteiger partial charge < -0.3 is 18.6 Å². The van der Waals surface area contributed by atoms with Crippen molar-refractivity contribution >= 4 is 36.6 Å². The Morgan fingerprint density at radius 2 is 1.22 bits per heavy atom. The fourth-order valence-corrected chi connectivity index (χ4v) is 9.19. The lowest BCUT2D eigenvalue weighted by Gasteiger charge is -2.44. The molecule has 0 aliphatic heterocycles. The Kier molecular flexibility index (Phi) is 10.0. The first kappa shape index (κ1) is 30.0. The molecule has 0 amide bonds. The van der Waals surface area contributed by atoms with Crippen LogP contribution < -0.4 is 10.4 Å². The average molecular weight is 527 g/mol. The molecule has 0 fully saturated rings. The van der Waals surface area contributed by atoms with Crippen LogP contribution in [0, 0.1) is 5.41 Å². The molecule has 0 bridgehead atoms. The molecule has 200 valence electrons. The zero-order chi connectivity index (χ0) is 27.9. The quantitative estimate of drug-likeness (QED) is 0.153. The molecule has 2 rings (SSSR count). The van der Waals surface area contributed by atoms with Crippen LogP contribution in [0.4, 0.5) is 0 Å². The first-order chi connectivity index (χ1) is 17.3. The van der Waals surface area contributed by atoms with E-state index in [0.717, 1.165) is 24.6 Å². The highest BCUT2D eigenvalue weighted by Gasteiger charge is 2.53. The second-order valence-electron chi connectivity index (χ2n) is 10.1. The maximum atomic E-state index is 12.7. The molecule has 2 aromatic rings. The van der Waals surface area contributed by atoms with E-state index in [1.54, 1.807) is 6.08 Å². The van der Waals surface area contributed by atoms with Gasteiger partial charge in [0.05, 0.1) is 20.3 Å². The molecule has 0 saturated carbocycles. The highest BCUT2D eigenvalue weighted by atomic mass is 28.4. The summed E-state index contributed by atoms with van der Waals surface area (Å²) in [6.07, 6.45) is 1.47. The van der Waals surface area contributed by atoms with Crippen molar-refractivity contribution in [2.75, 3.05) is 14.2 Å². The van der Waals surface area contributed by atoms with Crippen molar-refractivity contribution in [3.63, 3.8) is 0 Å². The minimum atomic E-state index is -2.86. The predicted octanol–water partition coefficient (Wildman–Crippen LogP) is 3.79. The minimum absolute atomic E-state index is 0.250. The van der Waals surface area contributed by atoms with Gasteiger partial charge in [0.15, 0.2) is 0 Å². The summed E-state index contributed by atoms with van der Waals surface area (Å²) in [6, 6.07) is 20.3. The number of methoxy groups -OCH3 is 2. The van der Waals surface area contributed by atoms with Crippen LogP contribution in [0.5, 0.6) is 0 Å². The molecule has 0 saturated heterocycles. The van der Waals surface area contributed by atoms with Crippen LogP contribution in [0.3, 0.4) is 0 Å². The van der Waals surface area contributed by atoms with Crippen molar-refractivity contribution in [2.24, 2.45) is 5.41 Å². The van der Waals surface area contributed by atoms with Gasteiger partial charge in [0.25, 0.3) is 8.32 Å². The van der Waals surface area contributed by atoms with Crippen molar-refractivity contribution in [2.45, 2.75) is 58.8 Å². The summed E-state index contributed by atoms with van der Waals surface area (Å²) < 4.78 is 22.1. The van der Waals surface area contributed by atoms with E-state index in [9.17, 15) is 14.4 Å². The summed E-state index contributed by atoms with van der Waals surface area (Å²) in [7, 11) is -0.543. The Morgan fingerprint density at radius 3 is 1.57 bits per heavy atom. The number of carbonyl (C=O) groups is 3. The zero-order valence-electron chi connectivity index (χ0n) is 22.9. The summed E-state index contributed by atoms with van der Waals surface area (Å²) in [4.78, 5) is 37.2. The van der Waals surface area contributed by atoms with E-state index < -0.39 is 43.8 Å². The number of rotatable bonds is 10. The fourth-order valence-electron chi connectivity index (χ4n) is 4.53. The van der Waals surface area contributed by atoms with Crippen molar-refractivity contribution < 1.29 is 33.0 Å². The second-order valence-corrected chi connectivity index (χ2v) is 14.3. The van der Waals surface area contributed by atoms with Gasteiger partial charge in [-0.2, -0.15) is 0 Å². The smallest absolute Gasteiger partial charge is 0.327 e. The summed E-state index contributed by atoms with van der Waals surface area (Å²) in [5, 5.41) is 1.97. The van der Waals surface area contributed by atoms with Crippen molar-refractivity contribution in [3.05, 3.63) is 72.8 Å². The molecule has 7 nitrogen and oxygen atoms in total. The van der Waals surface area contributed by atoms with Crippen LogP contribution in [0.25, 0.3) is 0 Å². The molecule has 0 radical (unpaired) electrons. The van der Waals surface area contributed by atoms with Crippen LogP contribution in [0.2, 0.25) is 5.04 Å². The molecule has 8 heteroatoms. The molecule has 0 N–H and O–H groups in total. The fraction of sp³-hybridized carbons (Fsp3) is 0.414. The molecule has 37 heavy (non-hydrogen) atoms. The molecule has 0 aliphatic carbocycles. The highest BCUT2D eigenvalue weighted by molar-refractivity contribution is 6.99. The van der Waals surface area contributed by atoms with Gasteiger partial charge in [-0.3, -0.25) is 14.4 Å². The lowest BCUT2D eigenvalue weighted by Crippen LogP contribution is -2.67. The monoisotopic (exact) mass is 526 g/mol. The molecular weight excluding hydrogens is 488 g/mol. The van der Waals surface area contributed by atoms with Crippen molar-refractivity contribution in [1.29, 1.82) is 0 Å². The largest absolute Gasteiger partial charge is 0.468 e. The van der Waals surface area contributed by atoms with E-state index >= 15 is 0 Å². The van der Waals surface area contributed by atoms with E-state index in [1.807, 2.05) is 43.3 Å². The number of ether oxygens (including phenoxy) is 3. The van der Waals surface area contributed by atoms with Crippen molar-refractivity contribution in [1.82, 2.24) is 0 Å². The molecule has 0 unspecified atom stereocenters. The Morgan fingerprint density at radius 1 is 0.784 bits per heavy atom. The Hall–Kier alpha value is -3.23. The van der Waals surface area contributed by atoms with Gasteiger partial charge in [-0.1, -0.05) is 87.5 Å². The van der Waals surface area contributed by atoms with Gasteiger partial charge in [0.1, 0.15) is 6.10 Å². The molecule has 2 aromatic carbocycles. The summed E-state index contributed by atoms with van der Waals surface area (Å²) in [5.41, 5.74) is -1.90. The third-order valence-corrected chi connectivity index (χ3v) is 11.5. The molecular formula is C29H38O7Si. The van der Waals surface area contributed by atoms with E-state index in [-0.39, 0.29) is 5.04 Å². The van der Waals surface area contributed by atoms with E-state index in [2.05, 4.69) is 45.0 Å². The van der Waals surface area contributed by atoms with Gasteiger partial charge in [-0.15, -0.1) is 0 Å². The Labute approximate surface area is 220 Å². The predicted molar refractivity (Wildman–Crippen MR) is 145 cm³/mol. The van der Waals surface area contributed by atoms with Crippen LogP contribution in [0.1, 0.15) is 41.5 Å². The van der Waals surface area contributed by atoms with Crippen molar-refractivity contribution in [3.8, 4) is 0 Å². The van der Waals surface area contributed by atoms with Gasteiger partial charge in [-0.25, -0.2) is 0 Å². The van der Waals surface area contributed by atoms with Crippen LogP contribution in [-0.4, -0.2) is 52.7 Å². The zero-order valence-corrected chi connectivity index (χ0v) is 23.9. The number of benzene rings is 2. The number of esters is 3. The lowest BCUT2D eigenvalue weighted by atomic mass is 9.83. The van der Waals surface area contributed by atoms with Gasteiger partial charge in [0, 0.05) is 6.92 Å². The van der Waals surface area contributed by atoms with E-state index in [0.29, 0.717) is 0 Å². The topological polar surface area (TPSA) is 88.1 Å². The first-order valence-corrected chi connectivity index (χ1v) is 14.1. The van der Waals surface area contributed by atoms with E-state index in [1.165, 1.54) is 19.9 Å². The molecule has 2 atom stereocenters. The molecule has 0 aliphatic rings. The Balaban J connectivity index is 2.59. The standard InChI is InChI=1S/C29H38O7Si/c1-21(19-20-25(35-22(2)30)29(6,26(31)33-7)27(32)34-8)36-37(28(3,4)5,23-15-11-9-12-16-23)24-17-13-10-14-18-24/h9-21,25H,1-8H3/t21-,25+/m0/s1. The SMILES string of the molecule is COC(=O)C(C)(C(=O)OC)[C@@H](C=C[C@H](C)O[Si](c1ccccc1)(c1ccccc1)C(C)(C)C)OC(C)=O. The molecule has 0 aromatic heterocycles. The highest BCUT2D eigenvalue weighted by Crippen LogP contribution is 2.38. The molecule has 0 heterocycles. The Bertz CT molecular complexity index is 1030. The summed E-state index contributed by atoms with van der Waals surface area (Å²) in [5.74, 6) is -2.42. The molecule has 0 spiro atoms. The number of hydrogen-bond acceptors (Lipinski definition) is 7. The maximum absolute atomic E-state index is 12.7. The number of hydrogen-bond donors (Lipinski definition) is 0. The average Bonchev–Trinajstić information content (AvgIpc) is 2.88. The number of carbonyl (C=O) groups excluding carboxylic acids is 3. The summed E-state index contributed by atoms with van der Waals surface area (Å²) >= 11 is 0. The van der Waals surface area contributed by atoms with Gasteiger partial charge in [0.2, 0.25) is 5.41 Å². The van der Waals surface area contributed by atoms with Gasteiger partial charge in [-0.05, 0) is 35.3 Å². The summed E-state index contributed by atoms with van der Waals surface area (Å²) in [6.45, 7) is 10.9. The minimum Gasteiger partial charge on any atom is -0.468 e. The van der Waals surface area contributed by atoms with Crippen LogP contribution in [-0.2, 0) is 33.0 Å².